The van der Waals surface area contributed by atoms with Crippen molar-refractivity contribution in [2.45, 2.75) is 13.8 Å². The highest BCUT2D eigenvalue weighted by atomic mass is 16.5. The molecule has 0 saturated heterocycles. The number of rotatable bonds is 4. The van der Waals surface area contributed by atoms with Crippen LogP contribution in [0.15, 0.2) is 72.8 Å². The highest BCUT2D eigenvalue weighted by molar-refractivity contribution is 5.90. The Morgan fingerprint density at radius 2 is 1.38 bits per heavy atom. The molecule has 0 bridgehead atoms. The molecule has 1 N–H and O–H groups in total. The lowest BCUT2D eigenvalue weighted by Gasteiger charge is -2.12. The van der Waals surface area contributed by atoms with Crippen LogP contribution >= 0.6 is 0 Å². The molecule has 0 amide bonds. The van der Waals surface area contributed by atoms with Crippen LogP contribution in [-0.4, -0.2) is 25.6 Å². The van der Waals surface area contributed by atoms with Crippen LogP contribution < -0.4 is 4.74 Å². The van der Waals surface area contributed by atoms with Gasteiger partial charge in [0.25, 0.3) is 0 Å². The summed E-state index contributed by atoms with van der Waals surface area (Å²) in [5.74, 6) is 0.760. The summed E-state index contributed by atoms with van der Waals surface area (Å²) in [6.07, 6.45) is 0.875. The summed E-state index contributed by atoms with van der Waals surface area (Å²) in [7, 11) is 2.65. The first-order valence-corrected chi connectivity index (χ1v) is 8.56. The van der Waals surface area contributed by atoms with Crippen molar-refractivity contribution in [3.63, 3.8) is 0 Å². The van der Waals surface area contributed by atoms with Crippen LogP contribution in [0.25, 0.3) is 22.3 Å². The summed E-state index contributed by atoms with van der Waals surface area (Å²) in [6, 6.07) is 23.7. The smallest absolute Gasteiger partial charge is 0.150 e. The summed E-state index contributed by atoms with van der Waals surface area (Å²) < 4.78 is 5.55. The first kappa shape index (κ1) is 21.1. The zero-order valence-electron chi connectivity index (χ0n) is 15.8. The fraction of sp³-hybridized carbons (Fsp3) is 0.174. The lowest BCUT2D eigenvalue weighted by Crippen LogP contribution is -1.92. The molecule has 3 aromatic rings. The Morgan fingerprint density at radius 3 is 2.00 bits per heavy atom. The molecule has 0 aliphatic heterocycles. The molecular weight excluding hydrogens is 324 g/mol. The number of hydrogen-bond acceptors (Lipinski definition) is 3. The Morgan fingerprint density at radius 1 is 0.769 bits per heavy atom. The van der Waals surface area contributed by atoms with E-state index in [1.807, 2.05) is 68.4 Å². The molecule has 0 heterocycles. The molecule has 3 nitrogen and oxygen atoms in total. The summed E-state index contributed by atoms with van der Waals surface area (Å²) in [4.78, 5) is 11.2. The molecule has 3 rings (SSSR count). The van der Waals surface area contributed by atoms with E-state index in [9.17, 15) is 4.79 Å². The highest BCUT2D eigenvalue weighted by Crippen LogP contribution is 2.35. The van der Waals surface area contributed by atoms with Crippen molar-refractivity contribution in [1.29, 1.82) is 0 Å². The lowest BCUT2D eigenvalue weighted by atomic mass is 9.96. The Labute approximate surface area is 155 Å². The standard InChI is InChI=1S/C20H16O2.C2H6.CH4O/c1-22-20-13-16(15-7-3-2-4-8-15)11-12-19(20)18-10-6-5-9-17(18)14-21;2*1-2/h2-14H,1H3;1-2H3;2H,1H3. The van der Waals surface area contributed by atoms with Crippen LogP contribution in [-0.2, 0) is 0 Å². The maximum atomic E-state index is 11.2. The van der Waals surface area contributed by atoms with Crippen molar-refractivity contribution in [3.05, 3.63) is 78.4 Å². The van der Waals surface area contributed by atoms with E-state index >= 15 is 0 Å². The predicted molar refractivity (Wildman–Crippen MR) is 109 cm³/mol. The van der Waals surface area contributed by atoms with E-state index in [1.54, 1.807) is 7.11 Å². The van der Waals surface area contributed by atoms with Crippen molar-refractivity contribution in [3.8, 4) is 28.0 Å². The van der Waals surface area contributed by atoms with Crippen molar-refractivity contribution in [2.24, 2.45) is 0 Å². The van der Waals surface area contributed by atoms with Crippen LogP contribution in [0.4, 0.5) is 0 Å². The van der Waals surface area contributed by atoms with Gasteiger partial charge < -0.3 is 9.84 Å². The Hall–Kier alpha value is -2.91. The van der Waals surface area contributed by atoms with Crippen molar-refractivity contribution in [1.82, 2.24) is 0 Å². The summed E-state index contributed by atoms with van der Waals surface area (Å²) >= 11 is 0. The van der Waals surface area contributed by atoms with E-state index in [4.69, 9.17) is 9.84 Å². The first-order chi connectivity index (χ1) is 12.8. The lowest BCUT2D eigenvalue weighted by molar-refractivity contribution is 0.112. The van der Waals surface area contributed by atoms with E-state index in [0.29, 0.717) is 5.56 Å². The molecule has 26 heavy (non-hydrogen) atoms. The number of aliphatic hydroxyl groups is 1. The minimum Gasteiger partial charge on any atom is -0.496 e. The molecule has 0 aliphatic rings. The van der Waals surface area contributed by atoms with Gasteiger partial charge in [0.1, 0.15) is 5.75 Å². The van der Waals surface area contributed by atoms with E-state index in [2.05, 4.69) is 18.2 Å². The van der Waals surface area contributed by atoms with Crippen molar-refractivity contribution < 1.29 is 14.6 Å². The SMILES string of the molecule is CC.CO.COc1cc(-c2ccccc2)ccc1-c1ccccc1C=O. The molecule has 3 aromatic carbocycles. The van der Waals surface area contributed by atoms with E-state index in [1.165, 1.54) is 0 Å². The average molecular weight is 350 g/mol. The van der Waals surface area contributed by atoms with Gasteiger partial charge in [-0.1, -0.05) is 80.6 Å². The molecule has 0 radical (unpaired) electrons. The second-order valence-electron chi connectivity index (χ2n) is 4.99. The maximum Gasteiger partial charge on any atom is 0.150 e. The van der Waals surface area contributed by atoms with E-state index < -0.39 is 0 Å². The van der Waals surface area contributed by atoms with Gasteiger partial charge in [-0.25, -0.2) is 0 Å². The monoisotopic (exact) mass is 350 g/mol. The number of carbonyl (C=O) groups excluding carboxylic acids is 1. The third-order valence-corrected chi connectivity index (χ3v) is 3.69. The number of aliphatic hydroxyl groups excluding tert-OH is 1. The predicted octanol–water partition coefficient (Wildman–Crippen LogP) is 5.48. The van der Waals surface area contributed by atoms with Gasteiger partial charge in [-0.3, -0.25) is 4.79 Å². The fourth-order valence-corrected chi connectivity index (χ4v) is 2.57. The summed E-state index contributed by atoms with van der Waals surface area (Å²) in [5.41, 5.74) is 4.69. The number of carbonyl (C=O) groups is 1. The third-order valence-electron chi connectivity index (χ3n) is 3.69. The fourth-order valence-electron chi connectivity index (χ4n) is 2.57. The Kier molecular flexibility index (Phi) is 9.44. The zero-order valence-corrected chi connectivity index (χ0v) is 15.8. The number of hydrogen-bond donors (Lipinski definition) is 1. The minimum atomic E-state index is 0.660. The van der Waals surface area contributed by atoms with Crippen molar-refractivity contribution >= 4 is 6.29 Å². The quantitative estimate of drug-likeness (QED) is 0.634. The third kappa shape index (κ3) is 5.04. The summed E-state index contributed by atoms with van der Waals surface area (Å²) in [6.45, 7) is 4.00. The molecule has 3 heteroatoms. The molecular formula is C23H26O3. The molecule has 0 unspecified atom stereocenters. The molecule has 0 aromatic heterocycles. The number of ether oxygens (including phenoxy) is 1. The normalized spacial score (nSPS) is 9.12. The second kappa shape index (κ2) is 11.6. The molecule has 0 atom stereocenters. The summed E-state index contributed by atoms with van der Waals surface area (Å²) in [5, 5.41) is 7.00. The molecule has 0 saturated carbocycles. The number of methoxy groups -OCH3 is 1. The van der Waals surface area contributed by atoms with Gasteiger partial charge in [-0.2, -0.15) is 0 Å². The van der Waals surface area contributed by atoms with Crippen LogP contribution in [0, 0.1) is 0 Å². The van der Waals surface area contributed by atoms with E-state index in [0.717, 1.165) is 41.4 Å². The highest BCUT2D eigenvalue weighted by Gasteiger charge is 2.11. The van der Waals surface area contributed by atoms with E-state index in [-0.39, 0.29) is 0 Å². The largest absolute Gasteiger partial charge is 0.496 e. The van der Waals surface area contributed by atoms with Gasteiger partial charge in [0.2, 0.25) is 0 Å². The number of aldehydes is 1. The first-order valence-electron chi connectivity index (χ1n) is 8.56. The van der Waals surface area contributed by atoms with Crippen LogP contribution in [0.5, 0.6) is 5.75 Å². The van der Waals surface area contributed by atoms with Gasteiger partial charge in [0.05, 0.1) is 7.11 Å². The molecule has 0 aliphatic carbocycles. The minimum absolute atomic E-state index is 0.660. The zero-order chi connectivity index (χ0) is 19.4. The van der Waals surface area contributed by atoms with Gasteiger partial charge in [-0.05, 0) is 22.8 Å². The van der Waals surface area contributed by atoms with Gasteiger partial charge >= 0.3 is 0 Å². The van der Waals surface area contributed by atoms with Crippen LogP contribution in [0.3, 0.4) is 0 Å². The van der Waals surface area contributed by atoms with Gasteiger partial charge in [-0.15, -0.1) is 0 Å². The van der Waals surface area contributed by atoms with Crippen molar-refractivity contribution in [2.75, 3.05) is 14.2 Å². The van der Waals surface area contributed by atoms with Crippen LogP contribution in [0.1, 0.15) is 24.2 Å². The average Bonchev–Trinajstić information content (AvgIpc) is 2.76. The Balaban J connectivity index is 0.000000791. The molecule has 0 fully saturated rings. The van der Waals surface area contributed by atoms with Gasteiger partial charge in [0, 0.05) is 18.2 Å². The van der Waals surface area contributed by atoms with Crippen LogP contribution in [0.2, 0.25) is 0 Å². The molecule has 0 spiro atoms. The maximum absolute atomic E-state index is 11.2. The number of benzene rings is 3. The van der Waals surface area contributed by atoms with Gasteiger partial charge in [0.15, 0.2) is 6.29 Å². The second-order valence-corrected chi connectivity index (χ2v) is 4.99. The topological polar surface area (TPSA) is 46.5 Å². The Bertz CT molecular complexity index is 796. The molecule has 136 valence electrons.